The SMILES string of the molecule is Cc1ccc(OCC(CNC(C)(C)C)OC(=O)c2ccccc2)c2[nH]c(=O)[nH]c12. The highest BCUT2D eigenvalue weighted by Crippen LogP contribution is 2.24. The van der Waals surface area contributed by atoms with Crippen LogP contribution in [0, 0.1) is 6.92 Å². The molecule has 1 heterocycles. The number of ether oxygens (including phenoxy) is 2. The number of imidazole rings is 1. The maximum absolute atomic E-state index is 12.5. The molecule has 0 aliphatic heterocycles. The van der Waals surface area contributed by atoms with Gasteiger partial charge in [0.05, 0.1) is 11.1 Å². The molecule has 0 aliphatic rings. The summed E-state index contributed by atoms with van der Waals surface area (Å²) in [5.74, 6) is 0.125. The highest BCUT2D eigenvalue weighted by atomic mass is 16.6. The number of aryl methyl sites for hydroxylation is 1. The summed E-state index contributed by atoms with van der Waals surface area (Å²) in [5, 5.41) is 3.34. The third-order valence-corrected chi connectivity index (χ3v) is 4.42. The van der Waals surface area contributed by atoms with Crippen molar-refractivity contribution in [3.8, 4) is 5.75 Å². The molecule has 0 spiro atoms. The normalized spacial score (nSPS) is 12.7. The van der Waals surface area contributed by atoms with Gasteiger partial charge in [-0.15, -0.1) is 0 Å². The number of nitrogens with one attached hydrogen (secondary N) is 3. The average molecular weight is 397 g/mol. The molecule has 29 heavy (non-hydrogen) atoms. The number of carbonyl (C=O) groups excluding carboxylic acids is 1. The van der Waals surface area contributed by atoms with Crippen LogP contribution in [0.15, 0.2) is 47.3 Å². The van der Waals surface area contributed by atoms with Crippen LogP contribution in [-0.2, 0) is 4.74 Å². The lowest BCUT2D eigenvalue weighted by atomic mass is 10.1. The van der Waals surface area contributed by atoms with Gasteiger partial charge < -0.3 is 24.8 Å². The minimum atomic E-state index is -0.510. The van der Waals surface area contributed by atoms with Crippen LogP contribution in [0.3, 0.4) is 0 Å². The van der Waals surface area contributed by atoms with E-state index in [1.54, 1.807) is 30.3 Å². The van der Waals surface area contributed by atoms with E-state index in [1.165, 1.54) is 0 Å². The molecule has 7 nitrogen and oxygen atoms in total. The third kappa shape index (κ3) is 5.48. The molecule has 3 aromatic rings. The number of H-pyrrole nitrogens is 2. The number of aromatic amines is 2. The molecule has 0 aliphatic carbocycles. The Morgan fingerprint density at radius 3 is 2.45 bits per heavy atom. The highest BCUT2D eigenvalue weighted by molar-refractivity contribution is 5.89. The molecular weight excluding hydrogens is 370 g/mol. The molecule has 1 aromatic heterocycles. The largest absolute Gasteiger partial charge is 0.487 e. The van der Waals surface area contributed by atoms with E-state index < -0.39 is 12.1 Å². The fourth-order valence-corrected chi connectivity index (χ4v) is 2.88. The number of aromatic nitrogens is 2. The molecule has 7 heteroatoms. The molecule has 1 atom stereocenters. The fourth-order valence-electron chi connectivity index (χ4n) is 2.88. The summed E-state index contributed by atoms with van der Waals surface area (Å²) in [5.41, 5.74) is 2.30. The van der Waals surface area contributed by atoms with Crippen molar-refractivity contribution in [3.63, 3.8) is 0 Å². The standard InChI is InChI=1S/C22H27N3O4/c1-14-10-11-17(19-18(14)24-21(27)25-19)28-13-16(12-23-22(2,3)4)29-20(26)15-8-6-5-7-9-15/h5-11,16,23H,12-13H2,1-4H3,(H2,24,25,27). The molecular formula is C22H27N3O4. The summed E-state index contributed by atoms with van der Waals surface area (Å²) in [6.07, 6.45) is -0.510. The molecule has 0 amide bonds. The van der Waals surface area contributed by atoms with Crippen LogP contribution in [0.2, 0.25) is 0 Å². The van der Waals surface area contributed by atoms with Crippen molar-refractivity contribution < 1.29 is 14.3 Å². The molecule has 0 bridgehead atoms. The Morgan fingerprint density at radius 2 is 1.76 bits per heavy atom. The van der Waals surface area contributed by atoms with Crippen molar-refractivity contribution in [2.24, 2.45) is 0 Å². The van der Waals surface area contributed by atoms with Crippen LogP contribution < -0.4 is 15.7 Å². The average Bonchev–Trinajstić information content (AvgIpc) is 3.07. The third-order valence-electron chi connectivity index (χ3n) is 4.42. The lowest BCUT2D eigenvalue weighted by Crippen LogP contribution is -2.44. The Kier molecular flexibility index (Phi) is 6.08. The molecule has 2 aromatic carbocycles. The van der Waals surface area contributed by atoms with E-state index in [1.807, 2.05) is 39.8 Å². The molecule has 154 valence electrons. The van der Waals surface area contributed by atoms with Crippen molar-refractivity contribution in [2.45, 2.75) is 39.3 Å². The maximum atomic E-state index is 12.5. The van der Waals surface area contributed by atoms with Crippen LogP contribution >= 0.6 is 0 Å². The van der Waals surface area contributed by atoms with E-state index in [-0.39, 0.29) is 17.8 Å². The van der Waals surface area contributed by atoms with Crippen molar-refractivity contribution in [2.75, 3.05) is 13.2 Å². The summed E-state index contributed by atoms with van der Waals surface area (Å²) in [7, 11) is 0. The number of esters is 1. The topological polar surface area (TPSA) is 96.2 Å². The van der Waals surface area contributed by atoms with Crippen molar-refractivity contribution in [1.82, 2.24) is 15.3 Å². The van der Waals surface area contributed by atoms with Crippen LogP contribution in [0.4, 0.5) is 0 Å². The molecule has 3 rings (SSSR count). The van der Waals surface area contributed by atoms with Gasteiger partial charge in [0.1, 0.15) is 24.0 Å². The quantitative estimate of drug-likeness (QED) is 0.532. The smallest absolute Gasteiger partial charge is 0.338 e. The minimum absolute atomic E-state index is 0.138. The Labute approximate surface area is 169 Å². The molecule has 0 fully saturated rings. The van der Waals surface area contributed by atoms with E-state index in [0.29, 0.717) is 28.9 Å². The Balaban J connectivity index is 1.75. The van der Waals surface area contributed by atoms with Gasteiger partial charge in [0.25, 0.3) is 0 Å². The zero-order valence-corrected chi connectivity index (χ0v) is 17.2. The van der Waals surface area contributed by atoms with Gasteiger partial charge in [-0.25, -0.2) is 9.59 Å². The lowest BCUT2D eigenvalue weighted by molar-refractivity contribution is 0.0162. The van der Waals surface area contributed by atoms with E-state index in [9.17, 15) is 9.59 Å². The summed E-state index contributed by atoms with van der Waals surface area (Å²) in [4.78, 5) is 29.7. The first kappa shape index (κ1) is 20.7. The molecule has 1 unspecified atom stereocenters. The van der Waals surface area contributed by atoms with Crippen LogP contribution in [0.1, 0.15) is 36.7 Å². The zero-order valence-electron chi connectivity index (χ0n) is 17.2. The van der Waals surface area contributed by atoms with E-state index >= 15 is 0 Å². The predicted molar refractivity (Wildman–Crippen MR) is 113 cm³/mol. The van der Waals surface area contributed by atoms with Crippen molar-refractivity contribution >= 4 is 17.0 Å². The van der Waals surface area contributed by atoms with Crippen molar-refractivity contribution in [3.05, 3.63) is 64.1 Å². The second-order valence-corrected chi connectivity index (χ2v) is 8.04. The second-order valence-electron chi connectivity index (χ2n) is 8.04. The Morgan fingerprint density at radius 1 is 1.07 bits per heavy atom. The highest BCUT2D eigenvalue weighted by Gasteiger charge is 2.20. The Hall–Kier alpha value is -3.06. The van der Waals surface area contributed by atoms with Gasteiger partial charge in [-0.3, -0.25) is 0 Å². The van der Waals surface area contributed by atoms with E-state index in [0.717, 1.165) is 5.56 Å². The first-order valence-electron chi connectivity index (χ1n) is 9.58. The van der Waals surface area contributed by atoms with Gasteiger partial charge >= 0.3 is 11.7 Å². The second kappa shape index (κ2) is 8.53. The zero-order chi connectivity index (χ0) is 21.0. The first-order valence-corrected chi connectivity index (χ1v) is 9.58. The summed E-state index contributed by atoms with van der Waals surface area (Å²) >= 11 is 0. The summed E-state index contributed by atoms with van der Waals surface area (Å²) < 4.78 is 11.6. The van der Waals surface area contributed by atoms with Gasteiger partial charge in [-0.05, 0) is 51.5 Å². The molecule has 0 saturated heterocycles. The number of benzene rings is 2. The lowest BCUT2D eigenvalue weighted by Gasteiger charge is -2.25. The van der Waals surface area contributed by atoms with Gasteiger partial charge in [0.2, 0.25) is 0 Å². The van der Waals surface area contributed by atoms with Gasteiger partial charge in [0.15, 0.2) is 0 Å². The monoisotopic (exact) mass is 397 g/mol. The summed E-state index contributed by atoms with van der Waals surface area (Å²) in [6, 6.07) is 12.5. The number of rotatable bonds is 7. The summed E-state index contributed by atoms with van der Waals surface area (Å²) in [6.45, 7) is 8.61. The van der Waals surface area contributed by atoms with Crippen LogP contribution in [0.5, 0.6) is 5.75 Å². The van der Waals surface area contributed by atoms with E-state index in [2.05, 4.69) is 15.3 Å². The van der Waals surface area contributed by atoms with Crippen LogP contribution in [-0.4, -0.2) is 40.7 Å². The number of fused-ring (bicyclic) bond motifs is 1. The predicted octanol–water partition coefficient (Wildman–Crippen LogP) is 3.16. The van der Waals surface area contributed by atoms with Gasteiger partial charge in [-0.1, -0.05) is 24.3 Å². The van der Waals surface area contributed by atoms with Gasteiger partial charge in [0, 0.05) is 12.1 Å². The number of carbonyl (C=O) groups is 1. The molecule has 0 saturated carbocycles. The fraction of sp³-hybridized carbons (Fsp3) is 0.364. The molecule has 3 N–H and O–H groups in total. The minimum Gasteiger partial charge on any atom is -0.487 e. The Bertz CT molecular complexity index is 1030. The first-order chi connectivity index (χ1) is 13.7. The van der Waals surface area contributed by atoms with Crippen LogP contribution in [0.25, 0.3) is 11.0 Å². The number of hydrogen-bond donors (Lipinski definition) is 3. The van der Waals surface area contributed by atoms with E-state index in [4.69, 9.17) is 9.47 Å². The van der Waals surface area contributed by atoms with Gasteiger partial charge in [-0.2, -0.15) is 0 Å². The molecule has 0 radical (unpaired) electrons. The van der Waals surface area contributed by atoms with Crippen molar-refractivity contribution in [1.29, 1.82) is 0 Å². The maximum Gasteiger partial charge on any atom is 0.338 e. The number of hydrogen-bond acceptors (Lipinski definition) is 5.